The summed E-state index contributed by atoms with van der Waals surface area (Å²) in [6.07, 6.45) is 2.74. The van der Waals surface area contributed by atoms with Crippen molar-refractivity contribution in [1.82, 2.24) is 9.97 Å². The van der Waals surface area contributed by atoms with Gasteiger partial charge in [0.25, 0.3) is 0 Å². The van der Waals surface area contributed by atoms with Crippen LogP contribution in [-0.4, -0.2) is 21.8 Å². The van der Waals surface area contributed by atoms with Gasteiger partial charge in [-0.25, -0.2) is 4.98 Å². The van der Waals surface area contributed by atoms with Crippen molar-refractivity contribution in [3.8, 4) is 0 Å². The van der Waals surface area contributed by atoms with Crippen LogP contribution in [0, 0.1) is 0 Å². The highest BCUT2D eigenvalue weighted by molar-refractivity contribution is 6.28. The molecule has 5 heteroatoms. The minimum Gasteiger partial charge on any atom is -0.315 e. The zero-order chi connectivity index (χ0) is 14.1. The van der Waals surface area contributed by atoms with Crippen molar-refractivity contribution < 1.29 is 4.79 Å². The minimum atomic E-state index is -0.198. The molecule has 0 N–H and O–H groups in total. The van der Waals surface area contributed by atoms with E-state index in [-0.39, 0.29) is 17.1 Å². The molecule has 1 aromatic heterocycles. The lowest BCUT2D eigenvalue weighted by Crippen LogP contribution is -2.43. The van der Waals surface area contributed by atoms with Crippen molar-refractivity contribution >= 4 is 28.9 Å². The van der Waals surface area contributed by atoms with Gasteiger partial charge in [-0.15, -0.1) is 0 Å². The second-order valence-corrected chi connectivity index (χ2v) is 5.10. The summed E-state index contributed by atoms with van der Waals surface area (Å²) < 4.78 is 0. The van der Waals surface area contributed by atoms with E-state index in [1.807, 2.05) is 42.2 Å². The predicted octanol–water partition coefficient (Wildman–Crippen LogP) is 3.17. The summed E-state index contributed by atoms with van der Waals surface area (Å²) in [5.41, 5.74) is 1.77. The molecule has 1 aliphatic heterocycles. The SMILES string of the molecule is CCC1C(=O)Cc2cnc(Cl)nc2N1c1ccccc1. The van der Waals surface area contributed by atoms with Crippen molar-refractivity contribution in [2.24, 2.45) is 0 Å². The molecule has 1 aliphatic rings. The van der Waals surface area contributed by atoms with Crippen LogP contribution in [0.3, 0.4) is 0 Å². The number of aromatic nitrogens is 2. The zero-order valence-corrected chi connectivity index (χ0v) is 11.8. The van der Waals surface area contributed by atoms with Crippen LogP contribution in [0.4, 0.5) is 11.5 Å². The van der Waals surface area contributed by atoms with E-state index in [2.05, 4.69) is 9.97 Å². The van der Waals surface area contributed by atoms with Crippen LogP contribution in [0.25, 0.3) is 0 Å². The maximum atomic E-state index is 12.3. The van der Waals surface area contributed by atoms with Crippen molar-refractivity contribution in [3.05, 3.63) is 47.4 Å². The Bertz CT molecular complexity index is 645. The maximum absolute atomic E-state index is 12.3. The van der Waals surface area contributed by atoms with Crippen molar-refractivity contribution in [2.45, 2.75) is 25.8 Å². The van der Waals surface area contributed by atoms with Crippen LogP contribution in [0.2, 0.25) is 5.28 Å². The molecule has 1 unspecified atom stereocenters. The third kappa shape index (κ3) is 2.16. The molecule has 20 heavy (non-hydrogen) atoms. The second kappa shape index (κ2) is 5.21. The Balaban J connectivity index is 2.18. The van der Waals surface area contributed by atoms with E-state index in [0.717, 1.165) is 23.5 Å². The number of ketones is 1. The molecule has 1 aromatic carbocycles. The number of carbonyl (C=O) groups excluding carboxylic acids is 1. The van der Waals surface area contributed by atoms with E-state index in [1.54, 1.807) is 6.20 Å². The lowest BCUT2D eigenvalue weighted by molar-refractivity contribution is -0.120. The normalized spacial score (nSPS) is 18.0. The van der Waals surface area contributed by atoms with Gasteiger partial charge in [0.15, 0.2) is 5.78 Å². The third-order valence-corrected chi connectivity index (χ3v) is 3.69. The monoisotopic (exact) mass is 287 g/mol. The van der Waals surface area contributed by atoms with Crippen molar-refractivity contribution in [3.63, 3.8) is 0 Å². The lowest BCUT2D eigenvalue weighted by Gasteiger charge is -2.36. The van der Waals surface area contributed by atoms with Crippen LogP contribution in [-0.2, 0) is 11.2 Å². The first-order valence-corrected chi connectivity index (χ1v) is 6.97. The summed E-state index contributed by atoms with van der Waals surface area (Å²) in [7, 11) is 0. The Morgan fingerprint density at radius 3 is 2.80 bits per heavy atom. The number of anilines is 2. The molecule has 0 amide bonds. The number of para-hydroxylation sites is 1. The minimum absolute atomic E-state index is 0.190. The van der Waals surface area contributed by atoms with E-state index in [0.29, 0.717) is 6.42 Å². The molecule has 0 fully saturated rings. The fourth-order valence-electron chi connectivity index (χ4n) is 2.61. The zero-order valence-electron chi connectivity index (χ0n) is 11.1. The Morgan fingerprint density at radius 2 is 2.10 bits per heavy atom. The largest absolute Gasteiger partial charge is 0.315 e. The molecule has 0 saturated heterocycles. The van der Waals surface area contributed by atoms with E-state index in [1.165, 1.54) is 0 Å². The van der Waals surface area contributed by atoms with Crippen LogP contribution in [0.5, 0.6) is 0 Å². The second-order valence-electron chi connectivity index (χ2n) is 4.76. The number of hydrogen-bond acceptors (Lipinski definition) is 4. The summed E-state index contributed by atoms with van der Waals surface area (Å²) in [4.78, 5) is 22.6. The standard InChI is InChI=1S/C15H14ClN3O/c1-2-12-13(20)8-10-9-17-15(16)18-14(10)19(12)11-6-4-3-5-7-11/h3-7,9,12H,2,8H2,1H3. The number of fused-ring (bicyclic) bond motifs is 1. The first kappa shape index (κ1) is 13.1. The number of nitrogens with zero attached hydrogens (tertiary/aromatic N) is 3. The number of carbonyl (C=O) groups is 1. The summed E-state index contributed by atoms with van der Waals surface area (Å²) in [6, 6.07) is 9.59. The first-order chi connectivity index (χ1) is 9.70. The molecular weight excluding hydrogens is 274 g/mol. The molecule has 0 aliphatic carbocycles. The van der Waals surface area contributed by atoms with E-state index < -0.39 is 0 Å². The number of rotatable bonds is 2. The van der Waals surface area contributed by atoms with Crippen LogP contribution in [0.1, 0.15) is 18.9 Å². The van der Waals surface area contributed by atoms with Crippen LogP contribution < -0.4 is 4.90 Å². The molecule has 1 atom stereocenters. The molecule has 0 radical (unpaired) electrons. The average molecular weight is 288 g/mol. The molecule has 3 rings (SSSR count). The quantitative estimate of drug-likeness (QED) is 0.796. The Morgan fingerprint density at radius 1 is 1.35 bits per heavy atom. The van der Waals surface area contributed by atoms with E-state index in [9.17, 15) is 4.79 Å². The van der Waals surface area contributed by atoms with Crippen LogP contribution in [0.15, 0.2) is 36.5 Å². The van der Waals surface area contributed by atoms with Gasteiger partial charge in [-0.2, -0.15) is 4.98 Å². The van der Waals surface area contributed by atoms with Gasteiger partial charge in [0.2, 0.25) is 5.28 Å². The van der Waals surface area contributed by atoms with Gasteiger partial charge in [-0.05, 0) is 30.2 Å². The summed E-state index contributed by atoms with van der Waals surface area (Å²) >= 11 is 5.92. The molecule has 0 spiro atoms. The highest BCUT2D eigenvalue weighted by Crippen LogP contribution is 2.35. The lowest BCUT2D eigenvalue weighted by atomic mass is 9.95. The summed E-state index contributed by atoms with van der Waals surface area (Å²) in [5, 5.41) is 0.203. The molecule has 2 aromatic rings. The highest BCUT2D eigenvalue weighted by Gasteiger charge is 2.34. The van der Waals surface area contributed by atoms with Gasteiger partial charge in [-0.3, -0.25) is 4.79 Å². The summed E-state index contributed by atoms with van der Waals surface area (Å²) in [5.74, 6) is 0.928. The van der Waals surface area contributed by atoms with Crippen LogP contribution >= 0.6 is 11.6 Å². The van der Waals surface area contributed by atoms with Crippen molar-refractivity contribution in [1.29, 1.82) is 0 Å². The Hall–Kier alpha value is -1.94. The number of benzene rings is 1. The molecule has 0 bridgehead atoms. The molecule has 2 heterocycles. The number of Topliss-reactive ketones (excluding diaryl/α,β-unsaturated/α-hetero) is 1. The van der Waals surface area contributed by atoms with Gasteiger partial charge in [0.1, 0.15) is 5.82 Å². The van der Waals surface area contributed by atoms with Gasteiger partial charge < -0.3 is 4.90 Å². The highest BCUT2D eigenvalue weighted by atomic mass is 35.5. The fraction of sp³-hybridized carbons (Fsp3) is 0.267. The van der Waals surface area contributed by atoms with E-state index in [4.69, 9.17) is 11.6 Å². The summed E-state index contributed by atoms with van der Waals surface area (Å²) in [6.45, 7) is 2.01. The molecule has 4 nitrogen and oxygen atoms in total. The molecular formula is C15H14ClN3O. The Labute approximate surface area is 122 Å². The van der Waals surface area contributed by atoms with E-state index >= 15 is 0 Å². The number of hydrogen-bond donors (Lipinski definition) is 0. The van der Waals surface area contributed by atoms with Gasteiger partial charge >= 0.3 is 0 Å². The predicted molar refractivity (Wildman–Crippen MR) is 78.4 cm³/mol. The van der Waals surface area contributed by atoms with Crippen molar-refractivity contribution in [2.75, 3.05) is 4.90 Å². The van der Waals surface area contributed by atoms with Gasteiger partial charge in [0, 0.05) is 23.9 Å². The third-order valence-electron chi connectivity index (χ3n) is 3.51. The first-order valence-electron chi connectivity index (χ1n) is 6.59. The molecule has 102 valence electrons. The smallest absolute Gasteiger partial charge is 0.224 e. The maximum Gasteiger partial charge on any atom is 0.224 e. The van der Waals surface area contributed by atoms with Gasteiger partial charge in [-0.1, -0.05) is 25.1 Å². The molecule has 0 saturated carbocycles. The topological polar surface area (TPSA) is 46.1 Å². The Kier molecular flexibility index (Phi) is 3.40. The average Bonchev–Trinajstić information content (AvgIpc) is 2.47. The number of halogens is 1. The fourth-order valence-corrected chi connectivity index (χ4v) is 2.74. The van der Waals surface area contributed by atoms with Gasteiger partial charge in [0.05, 0.1) is 6.04 Å².